The number of halogens is 3. The maximum atomic E-state index is 12.2. The summed E-state index contributed by atoms with van der Waals surface area (Å²) in [7, 11) is 0. The summed E-state index contributed by atoms with van der Waals surface area (Å²) in [5, 5.41) is 1.56. The van der Waals surface area contributed by atoms with Crippen molar-refractivity contribution in [3.63, 3.8) is 0 Å². The summed E-state index contributed by atoms with van der Waals surface area (Å²) in [6.07, 6.45) is -4.50. The minimum absolute atomic E-state index is 0.0334. The van der Waals surface area contributed by atoms with Crippen molar-refractivity contribution in [1.29, 1.82) is 0 Å². The van der Waals surface area contributed by atoms with Gasteiger partial charge in [-0.2, -0.15) is 13.2 Å². The molecule has 0 aliphatic rings. The fourth-order valence-electron chi connectivity index (χ4n) is 1.33. The molecular weight excluding hydrogens is 245 g/mol. The number of hydrogen-bond donors (Lipinski definition) is 1. The number of nitrogens with zero attached hydrogens (tertiary/aromatic N) is 1. The van der Waals surface area contributed by atoms with E-state index in [-0.39, 0.29) is 10.2 Å². The zero-order chi connectivity index (χ0) is 11.9. The van der Waals surface area contributed by atoms with Crippen LogP contribution < -0.4 is 11.2 Å². The second-order valence-corrected chi connectivity index (χ2v) is 3.99. The summed E-state index contributed by atoms with van der Waals surface area (Å²) >= 11 is 0.926. The van der Waals surface area contributed by atoms with E-state index in [1.807, 2.05) is 4.98 Å². The standard InChI is InChI=1S/C8H5F3N2O2S/c9-8(10,11)3-13-6-4(1-2-16-6)5(14)12-7(13)15/h1-2H,3H2,(H,12,14,15). The molecule has 2 aromatic heterocycles. The zero-order valence-corrected chi connectivity index (χ0v) is 8.48. The number of alkyl halides is 3. The van der Waals surface area contributed by atoms with E-state index < -0.39 is 24.0 Å². The molecule has 16 heavy (non-hydrogen) atoms. The van der Waals surface area contributed by atoms with Crippen LogP contribution in [0.15, 0.2) is 21.0 Å². The number of hydrogen-bond acceptors (Lipinski definition) is 3. The molecule has 2 heterocycles. The van der Waals surface area contributed by atoms with Crippen molar-refractivity contribution in [2.45, 2.75) is 12.7 Å². The first-order valence-electron chi connectivity index (χ1n) is 4.15. The van der Waals surface area contributed by atoms with Gasteiger partial charge in [-0.05, 0) is 11.4 Å². The molecule has 2 rings (SSSR count). The zero-order valence-electron chi connectivity index (χ0n) is 7.67. The Labute approximate surface area is 90.0 Å². The van der Waals surface area contributed by atoms with Crippen molar-refractivity contribution in [3.8, 4) is 0 Å². The van der Waals surface area contributed by atoms with E-state index in [1.165, 1.54) is 11.4 Å². The lowest BCUT2D eigenvalue weighted by molar-refractivity contribution is -0.140. The number of fused-ring (bicyclic) bond motifs is 1. The fourth-order valence-corrected chi connectivity index (χ4v) is 2.23. The molecule has 0 aliphatic heterocycles. The van der Waals surface area contributed by atoms with E-state index in [4.69, 9.17) is 0 Å². The summed E-state index contributed by atoms with van der Waals surface area (Å²) in [4.78, 5) is 24.4. The second-order valence-electron chi connectivity index (χ2n) is 3.10. The molecule has 8 heteroatoms. The Morgan fingerprint density at radius 2 is 2.06 bits per heavy atom. The lowest BCUT2D eigenvalue weighted by Gasteiger charge is -2.09. The highest BCUT2D eigenvalue weighted by atomic mass is 32.1. The minimum atomic E-state index is -4.50. The van der Waals surface area contributed by atoms with Gasteiger partial charge in [0.2, 0.25) is 0 Å². The summed E-state index contributed by atoms with van der Waals surface area (Å²) in [5.74, 6) is 0. The molecule has 0 saturated carbocycles. The van der Waals surface area contributed by atoms with Crippen molar-refractivity contribution in [2.24, 2.45) is 0 Å². The second kappa shape index (κ2) is 3.48. The minimum Gasteiger partial charge on any atom is -0.275 e. The van der Waals surface area contributed by atoms with Gasteiger partial charge in [0, 0.05) is 0 Å². The topological polar surface area (TPSA) is 54.9 Å². The summed E-state index contributed by atoms with van der Waals surface area (Å²) < 4.78 is 37.1. The van der Waals surface area contributed by atoms with Crippen molar-refractivity contribution in [1.82, 2.24) is 9.55 Å². The van der Waals surface area contributed by atoms with Gasteiger partial charge in [0.15, 0.2) is 0 Å². The Morgan fingerprint density at radius 1 is 1.38 bits per heavy atom. The first-order valence-corrected chi connectivity index (χ1v) is 5.03. The summed E-state index contributed by atoms with van der Waals surface area (Å²) in [6.45, 7) is -1.40. The lowest BCUT2D eigenvalue weighted by Crippen LogP contribution is -2.33. The quantitative estimate of drug-likeness (QED) is 0.829. The van der Waals surface area contributed by atoms with Crippen LogP contribution in [-0.2, 0) is 6.54 Å². The average Bonchev–Trinajstić information content (AvgIpc) is 2.59. The predicted molar refractivity (Wildman–Crippen MR) is 52.8 cm³/mol. The van der Waals surface area contributed by atoms with Gasteiger partial charge in [-0.3, -0.25) is 14.3 Å². The molecule has 1 N–H and O–H groups in total. The van der Waals surface area contributed by atoms with Crippen LogP contribution in [0.4, 0.5) is 13.2 Å². The summed E-state index contributed by atoms with van der Waals surface area (Å²) in [6, 6.07) is 1.38. The third-order valence-corrected chi connectivity index (χ3v) is 2.87. The third kappa shape index (κ3) is 1.87. The molecule has 0 spiro atoms. The van der Waals surface area contributed by atoms with E-state index in [0.717, 1.165) is 11.3 Å². The van der Waals surface area contributed by atoms with Crippen LogP contribution in [0.1, 0.15) is 0 Å². The molecule has 0 atom stereocenters. The molecule has 86 valence electrons. The highest BCUT2D eigenvalue weighted by molar-refractivity contribution is 7.16. The van der Waals surface area contributed by atoms with Crippen molar-refractivity contribution >= 4 is 21.6 Å². The van der Waals surface area contributed by atoms with Gasteiger partial charge in [0.05, 0.1) is 5.39 Å². The number of aromatic amines is 1. The molecule has 0 unspecified atom stereocenters. The normalized spacial score (nSPS) is 12.2. The van der Waals surface area contributed by atoms with Gasteiger partial charge in [-0.15, -0.1) is 11.3 Å². The van der Waals surface area contributed by atoms with Gasteiger partial charge in [-0.1, -0.05) is 0 Å². The lowest BCUT2D eigenvalue weighted by atomic mass is 10.4. The molecule has 0 aromatic carbocycles. The Kier molecular flexibility index (Phi) is 2.38. The van der Waals surface area contributed by atoms with Crippen molar-refractivity contribution in [3.05, 3.63) is 32.3 Å². The monoisotopic (exact) mass is 250 g/mol. The molecule has 0 saturated heterocycles. The van der Waals surface area contributed by atoms with E-state index in [0.29, 0.717) is 4.57 Å². The third-order valence-electron chi connectivity index (χ3n) is 1.94. The molecule has 0 aliphatic carbocycles. The largest absolute Gasteiger partial charge is 0.406 e. The van der Waals surface area contributed by atoms with Crippen LogP contribution in [0.3, 0.4) is 0 Å². The van der Waals surface area contributed by atoms with E-state index in [2.05, 4.69) is 0 Å². The molecule has 2 aromatic rings. The van der Waals surface area contributed by atoms with Gasteiger partial charge >= 0.3 is 11.9 Å². The van der Waals surface area contributed by atoms with Crippen molar-refractivity contribution < 1.29 is 13.2 Å². The molecule has 0 amide bonds. The van der Waals surface area contributed by atoms with E-state index in [1.54, 1.807) is 0 Å². The van der Waals surface area contributed by atoms with Crippen LogP contribution in [0.2, 0.25) is 0 Å². The van der Waals surface area contributed by atoms with Crippen LogP contribution in [0.5, 0.6) is 0 Å². The summed E-state index contributed by atoms with van der Waals surface area (Å²) in [5.41, 5.74) is -1.71. The van der Waals surface area contributed by atoms with Gasteiger partial charge in [0.25, 0.3) is 5.56 Å². The van der Waals surface area contributed by atoms with Crippen LogP contribution in [-0.4, -0.2) is 15.7 Å². The SMILES string of the molecule is O=c1[nH]c(=O)n(CC(F)(F)F)c2sccc12. The molecule has 0 radical (unpaired) electrons. The number of H-pyrrole nitrogens is 1. The van der Waals surface area contributed by atoms with Gasteiger partial charge < -0.3 is 0 Å². The number of rotatable bonds is 1. The maximum Gasteiger partial charge on any atom is 0.406 e. The molecular formula is C8H5F3N2O2S. The smallest absolute Gasteiger partial charge is 0.275 e. The highest BCUT2D eigenvalue weighted by Gasteiger charge is 2.29. The van der Waals surface area contributed by atoms with Crippen LogP contribution >= 0.6 is 11.3 Å². The Balaban J connectivity index is 2.74. The highest BCUT2D eigenvalue weighted by Crippen LogP contribution is 2.21. The van der Waals surface area contributed by atoms with E-state index >= 15 is 0 Å². The Hall–Kier alpha value is -1.57. The van der Waals surface area contributed by atoms with Crippen LogP contribution in [0.25, 0.3) is 10.2 Å². The molecule has 0 fully saturated rings. The van der Waals surface area contributed by atoms with Crippen molar-refractivity contribution in [2.75, 3.05) is 0 Å². The number of thiophene rings is 1. The van der Waals surface area contributed by atoms with Gasteiger partial charge in [-0.25, -0.2) is 4.79 Å². The number of nitrogens with one attached hydrogen (secondary N) is 1. The fraction of sp³-hybridized carbons (Fsp3) is 0.250. The maximum absolute atomic E-state index is 12.2. The van der Waals surface area contributed by atoms with E-state index in [9.17, 15) is 22.8 Å². The first-order chi connectivity index (χ1) is 7.38. The molecule has 0 bridgehead atoms. The Bertz CT molecular complexity index is 637. The van der Waals surface area contributed by atoms with Gasteiger partial charge in [0.1, 0.15) is 11.4 Å². The average molecular weight is 250 g/mol. The Morgan fingerprint density at radius 3 is 2.69 bits per heavy atom. The number of aromatic nitrogens is 2. The first kappa shape index (κ1) is 10.9. The predicted octanol–water partition coefficient (Wildman–Crippen LogP) is 1.31. The van der Waals surface area contributed by atoms with Crippen LogP contribution in [0, 0.1) is 0 Å². The molecule has 4 nitrogen and oxygen atoms in total.